The van der Waals surface area contributed by atoms with Gasteiger partial charge in [0.15, 0.2) is 5.82 Å². The molecule has 2 aromatic heterocycles. The first kappa shape index (κ1) is 19.2. The molecule has 1 aliphatic rings. The van der Waals surface area contributed by atoms with Crippen LogP contribution in [0.3, 0.4) is 0 Å². The summed E-state index contributed by atoms with van der Waals surface area (Å²) in [7, 11) is 0. The quantitative estimate of drug-likeness (QED) is 0.823. The minimum absolute atomic E-state index is 0.141. The van der Waals surface area contributed by atoms with Crippen molar-refractivity contribution in [1.82, 2.24) is 19.9 Å². The van der Waals surface area contributed by atoms with E-state index in [1.807, 2.05) is 13.8 Å². The van der Waals surface area contributed by atoms with Gasteiger partial charge in [0.2, 0.25) is 5.91 Å². The lowest BCUT2D eigenvalue weighted by Gasteiger charge is -2.32. The molecule has 0 saturated carbocycles. The lowest BCUT2D eigenvalue weighted by Crippen LogP contribution is -2.33. The Hall–Kier alpha value is -2.60. The standard InChI is InChI=1S/C21H27N5O/c1-14-8-19(9-15(2)24-14)10-18-6-5-7-26(13-18)16(3)20-11-23-21(12-22-20)25-17(4)27/h6,8-9,11-12,16H,5,7,10,13H2,1-4H3,(H,23,25,27). The van der Waals surface area contributed by atoms with E-state index in [-0.39, 0.29) is 11.9 Å². The number of aromatic nitrogens is 3. The van der Waals surface area contributed by atoms with E-state index in [4.69, 9.17) is 0 Å². The molecule has 0 aliphatic carbocycles. The number of nitrogens with zero attached hydrogens (tertiary/aromatic N) is 4. The maximum Gasteiger partial charge on any atom is 0.222 e. The molecule has 6 heteroatoms. The molecule has 1 amide bonds. The van der Waals surface area contributed by atoms with Gasteiger partial charge in [-0.1, -0.05) is 11.6 Å². The molecule has 0 fully saturated rings. The lowest BCUT2D eigenvalue weighted by molar-refractivity contribution is -0.114. The molecule has 2 aromatic rings. The minimum Gasteiger partial charge on any atom is -0.310 e. The van der Waals surface area contributed by atoms with Crippen LogP contribution in [0.4, 0.5) is 5.82 Å². The molecule has 0 radical (unpaired) electrons. The van der Waals surface area contributed by atoms with E-state index in [1.54, 1.807) is 12.4 Å². The number of nitrogens with one attached hydrogen (secondary N) is 1. The van der Waals surface area contributed by atoms with Gasteiger partial charge in [-0.3, -0.25) is 19.7 Å². The zero-order valence-electron chi connectivity index (χ0n) is 16.5. The highest BCUT2D eigenvalue weighted by molar-refractivity contribution is 5.87. The third-order valence-corrected chi connectivity index (χ3v) is 4.78. The third kappa shape index (κ3) is 5.20. The molecule has 1 N–H and O–H groups in total. The van der Waals surface area contributed by atoms with Crippen molar-refractivity contribution < 1.29 is 4.79 Å². The summed E-state index contributed by atoms with van der Waals surface area (Å²) in [5, 5.41) is 2.65. The predicted octanol–water partition coefficient (Wildman–Crippen LogP) is 3.38. The van der Waals surface area contributed by atoms with Crippen molar-refractivity contribution in [3.8, 4) is 0 Å². The fourth-order valence-electron chi connectivity index (χ4n) is 3.57. The van der Waals surface area contributed by atoms with Crippen LogP contribution in [-0.4, -0.2) is 38.8 Å². The Bertz CT molecular complexity index is 824. The number of hydrogen-bond acceptors (Lipinski definition) is 5. The Balaban J connectivity index is 1.65. The van der Waals surface area contributed by atoms with E-state index in [0.717, 1.165) is 43.0 Å². The highest BCUT2D eigenvalue weighted by Crippen LogP contribution is 2.24. The van der Waals surface area contributed by atoms with E-state index in [0.29, 0.717) is 5.82 Å². The smallest absolute Gasteiger partial charge is 0.222 e. The number of carbonyl (C=O) groups is 1. The van der Waals surface area contributed by atoms with Crippen molar-refractivity contribution in [2.24, 2.45) is 0 Å². The Morgan fingerprint density at radius 3 is 2.59 bits per heavy atom. The second-order valence-corrected chi connectivity index (χ2v) is 7.24. The number of amides is 1. The maximum absolute atomic E-state index is 11.1. The van der Waals surface area contributed by atoms with Gasteiger partial charge in [0.05, 0.1) is 24.1 Å². The van der Waals surface area contributed by atoms with Gasteiger partial charge in [-0.15, -0.1) is 0 Å². The Kier molecular flexibility index (Phi) is 5.96. The number of hydrogen-bond donors (Lipinski definition) is 1. The van der Waals surface area contributed by atoms with Gasteiger partial charge in [-0.25, -0.2) is 4.98 Å². The summed E-state index contributed by atoms with van der Waals surface area (Å²) in [6, 6.07) is 4.51. The molecule has 3 rings (SSSR count). The Morgan fingerprint density at radius 2 is 1.96 bits per heavy atom. The minimum atomic E-state index is -0.141. The average Bonchev–Trinajstić information content (AvgIpc) is 2.60. The molecule has 0 spiro atoms. The number of carbonyl (C=O) groups excluding carboxylic acids is 1. The van der Waals surface area contributed by atoms with Crippen LogP contribution in [0.2, 0.25) is 0 Å². The zero-order chi connectivity index (χ0) is 19.4. The van der Waals surface area contributed by atoms with Gasteiger partial charge in [0.25, 0.3) is 0 Å². The van der Waals surface area contributed by atoms with Crippen molar-refractivity contribution in [3.05, 3.63) is 58.8 Å². The van der Waals surface area contributed by atoms with Crippen LogP contribution in [0.1, 0.15) is 49.0 Å². The Morgan fingerprint density at radius 1 is 1.22 bits per heavy atom. The van der Waals surface area contributed by atoms with Gasteiger partial charge < -0.3 is 5.32 Å². The average molecular weight is 365 g/mol. The molecule has 0 saturated heterocycles. The summed E-state index contributed by atoms with van der Waals surface area (Å²) in [5.74, 6) is 0.346. The van der Waals surface area contributed by atoms with Crippen LogP contribution in [-0.2, 0) is 11.2 Å². The first-order valence-electron chi connectivity index (χ1n) is 9.36. The molecule has 1 atom stereocenters. The largest absolute Gasteiger partial charge is 0.310 e. The molecule has 3 heterocycles. The second kappa shape index (κ2) is 8.39. The monoisotopic (exact) mass is 365 g/mol. The van der Waals surface area contributed by atoms with Crippen LogP contribution >= 0.6 is 0 Å². The summed E-state index contributed by atoms with van der Waals surface area (Å²) in [5.41, 5.74) is 5.81. The summed E-state index contributed by atoms with van der Waals surface area (Å²) in [6.45, 7) is 9.65. The summed E-state index contributed by atoms with van der Waals surface area (Å²) < 4.78 is 0. The highest BCUT2D eigenvalue weighted by Gasteiger charge is 2.21. The van der Waals surface area contributed by atoms with E-state index < -0.39 is 0 Å². The summed E-state index contributed by atoms with van der Waals surface area (Å²) in [4.78, 5) is 26.8. The zero-order valence-corrected chi connectivity index (χ0v) is 16.5. The van der Waals surface area contributed by atoms with Crippen LogP contribution < -0.4 is 5.32 Å². The van der Waals surface area contributed by atoms with Crippen molar-refractivity contribution >= 4 is 11.7 Å². The van der Waals surface area contributed by atoms with E-state index in [9.17, 15) is 4.79 Å². The summed E-state index contributed by atoms with van der Waals surface area (Å²) in [6.07, 6.45) is 7.74. The molecule has 1 unspecified atom stereocenters. The highest BCUT2D eigenvalue weighted by atomic mass is 16.1. The molecular formula is C21H27N5O. The number of rotatable bonds is 5. The van der Waals surface area contributed by atoms with Gasteiger partial charge in [-0.05, 0) is 51.3 Å². The Labute approximate surface area is 160 Å². The van der Waals surface area contributed by atoms with Gasteiger partial charge in [0, 0.05) is 31.4 Å². The van der Waals surface area contributed by atoms with Crippen molar-refractivity contribution in [2.75, 3.05) is 18.4 Å². The fraction of sp³-hybridized carbons (Fsp3) is 0.429. The van der Waals surface area contributed by atoms with E-state index in [1.165, 1.54) is 18.1 Å². The third-order valence-electron chi connectivity index (χ3n) is 4.78. The van der Waals surface area contributed by atoms with Crippen molar-refractivity contribution in [3.63, 3.8) is 0 Å². The molecule has 0 aromatic carbocycles. The van der Waals surface area contributed by atoms with Crippen molar-refractivity contribution in [1.29, 1.82) is 0 Å². The van der Waals surface area contributed by atoms with Gasteiger partial charge in [-0.2, -0.15) is 0 Å². The van der Waals surface area contributed by atoms with Crippen LogP contribution in [0, 0.1) is 13.8 Å². The van der Waals surface area contributed by atoms with E-state index in [2.05, 4.69) is 50.3 Å². The van der Waals surface area contributed by atoms with Gasteiger partial charge >= 0.3 is 0 Å². The van der Waals surface area contributed by atoms with Crippen LogP contribution in [0.5, 0.6) is 0 Å². The predicted molar refractivity (Wildman–Crippen MR) is 106 cm³/mol. The summed E-state index contributed by atoms with van der Waals surface area (Å²) >= 11 is 0. The fourth-order valence-corrected chi connectivity index (χ4v) is 3.57. The number of pyridine rings is 1. The van der Waals surface area contributed by atoms with Crippen LogP contribution in [0.15, 0.2) is 36.2 Å². The lowest BCUT2D eigenvalue weighted by atomic mass is 9.99. The van der Waals surface area contributed by atoms with Crippen LogP contribution in [0.25, 0.3) is 0 Å². The maximum atomic E-state index is 11.1. The molecule has 142 valence electrons. The van der Waals surface area contributed by atoms with Gasteiger partial charge in [0.1, 0.15) is 0 Å². The normalized spacial score (nSPS) is 15.9. The van der Waals surface area contributed by atoms with Crippen molar-refractivity contribution in [2.45, 2.75) is 46.6 Å². The number of anilines is 1. The molecule has 6 nitrogen and oxygen atoms in total. The molecule has 0 bridgehead atoms. The molecule has 1 aliphatic heterocycles. The molecular weight excluding hydrogens is 338 g/mol. The second-order valence-electron chi connectivity index (χ2n) is 7.24. The van der Waals surface area contributed by atoms with E-state index >= 15 is 0 Å². The SMILES string of the molecule is CC(=O)Nc1cnc(C(C)N2CCC=C(Cc3cc(C)nc(C)c3)C2)cn1. The number of aryl methyl sites for hydroxylation is 2. The first-order chi connectivity index (χ1) is 12.9. The molecule has 27 heavy (non-hydrogen) atoms. The first-order valence-corrected chi connectivity index (χ1v) is 9.36. The topological polar surface area (TPSA) is 71.0 Å².